The highest BCUT2D eigenvalue weighted by atomic mass is 32.1. The topological polar surface area (TPSA) is 34.2 Å². The maximum absolute atomic E-state index is 13.0. The number of thiazole rings is 1. The van der Waals surface area contributed by atoms with Gasteiger partial charge in [0, 0.05) is 16.8 Å². The van der Waals surface area contributed by atoms with Gasteiger partial charge in [-0.05, 0) is 24.6 Å². The second kappa shape index (κ2) is 6.34. The summed E-state index contributed by atoms with van der Waals surface area (Å²) in [6, 6.07) is 3.87. The summed E-state index contributed by atoms with van der Waals surface area (Å²) in [5.74, 6) is 0.180. The molecule has 0 radical (unpaired) electrons. The van der Waals surface area contributed by atoms with E-state index in [1.165, 1.54) is 30.6 Å². The number of benzene rings is 1. The van der Waals surface area contributed by atoms with E-state index in [1.807, 2.05) is 6.92 Å². The first-order chi connectivity index (χ1) is 9.94. The van der Waals surface area contributed by atoms with Crippen LogP contribution in [0.1, 0.15) is 22.4 Å². The molecule has 114 valence electrons. The summed E-state index contributed by atoms with van der Waals surface area (Å²) in [6.45, 7) is 2.30. The Kier molecular flexibility index (Phi) is 4.72. The van der Waals surface area contributed by atoms with Gasteiger partial charge in [-0.15, -0.1) is 11.3 Å². The van der Waals surface area contributed by atoms with Crippen molar-refractivity contribution in [2.24, 2.45) is 0 Å². The summed E-state index contributed by atoms with van der Waals surface area (Å²) in [5, 5.41) is 3.79. The lowest BCUT2D eigenvalue weighted by molar-refractivity contribution is -0.137. The van der Waals surface area contributed by atoms with Crippen molar-refractivity contribution in [3.8, 4) is 5.75 Å². The Morgan fingerprint density at radius 1 is 1.33 bits per heavy atom. The summed E-state index contributed by atoms with van der Waals surface area (Å²) in [6.07, 6.45) is -1.92. The smallest absolute Gasteiger partial charge is 0.418 e. The second-order valence-electron chi connectivity index (χ2n) is 4.34. The molecule has 2 aromatic rings. The Morgan fingerprint density at radius 3 is 2.67 bits per heavy atom. The van der Waals surface area contributed by atoms with Crippen molar-refractivity contribution < 1.29 is 17.9 Å². The number of aryl methyl sites for hydroxylation is 1. The molecular weight excluding hydrogens is 301 g/mol. The monoisotopic (exact) mass is 316 g/mol. The molecule has 0 aliphatic heterocycles. The van der Waals surface area contributed by atoms with Crippen LogP contribution in [0.2, 0.25) is 0 Å². The van der Waals surface area contributed by atoms with Crippen molar-refractivity contribution >= 4 is 17.0 Å². The maximum Gasteiger partial charge on any atom is 0.418 e. The molecule has 21 heavy (non-hydrogen) atoms. The van der Waals surface area contributed by atoms with Gasteiger partial charge in [0.05, 0.1) is 24.2 Å². The molecule has 7 heteroatoms. The van der Waals surface area contributed by atoms with Crippen molar-refractivity contribution in [1.82, 2.24) is 4.98 Å². The van der Waals surface area contributed by atoms with Gasteiger partial charge >= 0.3 is 6.18 Å². The van der Waals surface area contributed by atoms with Crippen LogP contribution < -0.4 is 10.1 Å². The predicted octanol–water partition coefficient (Wildman–Crippen LogP) is 4.35. The van der Waals surface area contributed by atoms with E-state index in [2.05, 4.69) is 10.3 Å². The standard InChI is InChI=1S/C14H15F3N2OS/c1-3-13-19-8-10(21-13)7-18-12-5-4-9(20-2)6-11(12)14(15,16)17/h4-6,8,18H,3,7H2,1-2H3. The fourth-order valence-corrected chi connectivity index (χ4v) is 2.62. The SMILES string of the molecule is CCc1ncc(CNc2ccc(OC)cc2C(F)(F)F)s1. The molecule has 0 spiro atoms. The van der Waals surface area contributed by atoms with Crippen LogP contribution in [0, 0.1) is 0 Å². The van der Waals surface area contributed by atoms with E-state index < -0.39 is 11.7 Å². The third-order valence-corrected chi connectivity index (χ3v) is 4.03. The fraction of sp³-hybridized carbons (Fsp3) is 0.357. The molecule has 1 aromatic carbocycles. The molecule has 0 amide bonds. The number of hydrogen-bond acceptors (Lipinski definition) is 4. The van der Waals surface area contributed by atoms with Crippen LogP contribution in [-0.2, 0) is 19.1 Å². The van der Waals surface area contributed by atoms with Gasteiger partial charge in [-0.3, -0.25) is 0 Å². The predicted molar refractivity (Wildman–Crippen MR) is 76.8 cm³/mol. The van der Waals surface area contributed by atoms with Gasteiger partial charge in [0.15, 0.2) is 0 Å². The minimum Gasteiger partial charge on any atom is -0.497 e. The quantitative estimate of drug-likeness (QED) is 0.891. The number of rotatable bonds is 5. The highest BCUT2D eigenvalue weighted by Gasteiger charge is 2.34. The van der Waals surface area contributed by atoms with E-state index in [9.17, 15) is 13.2 Å². The van der Waals surface area contributed by atoms with Crippen LogP contribution in [0.3, 0.4) is 0 Å². The van der Waals surface area contributed by atoms with Gasteiger partial charge < -0.3 is 10.1 Å². The van der Waals surface area contributed by atoms with E-state index in [1.54, 1.807) is 6.20 Å². The van der Waals surface area contributed by atoms with Crippen molar-refractivity contribution in [3.63, 3.8) is 0 Å². The summed E-state index contributed by atoms with van der Waals surface area (Å²) in [4.78, 5) is 5.08. The van der Waals surface area contributed by atoms with Crippen molar-refractivity contribution in [2.45, 2.75) is 26.1 Å². The van der Waals surface area contributed by atoms with Crippen LogP contribution in [-0.4, -0.2) is 12.1 Å². The number of halogens is 3. The average Bonchev–Trinajstić information content (AvgIpc) is 2.92. The van der Waals surface area contributed by atoms with Gasteiger partial charge in [-0.2, -0.15) is 13.2 Å². The highest BCUT2D eigenvalue weighted by Crippen LogP contribution is 2.37. The summed E-state index contributed by atoms with van der Waals surface area (Å²) in [7, 11) is 1.34. The van der Waals surface area contributed by atoms with Crippen molar-refractivity contribution in [1.29, 1.82) is 0 Å². The first-order valence-electron chi connectivity index (χ1n) is 6.36. The first-order valence-corrected chi connectivity index (χ1v) is 7.18. The third-order valence-electron chi connectivity index (χ3n) is 2.89. The molecule has 0 aliphatic carbocycles. The Labute approximate surface area is 124 Å². The molecule has 0 saturated heterocycles. The molecule has 0 saturated carbocycles. The number of methoxy groups -OCH3 is 1. The maximum atomic E-state index is 13.0. The van der Waals surface area contributed by atoms with Gasteiger partial charge in [0.1, 0.15) is 5.75 Å². The van der Waals surface area contributed by atoms with Gasteiger partial charge in [0.25, 0.3) is 0 Å². The van der Waals surface area contributed by atoms with Crippen molar-refractivity contribution in [3.05, 3.63) is 39.8 Å². The van der Waals surface area contributed by atoms with Crippen LogP contribution in [0.25, 0.3) is 0 Å². The Balaban J connectivity index is 2.19. The average molecular weight is 316 g/mol. The molecule has 0 atom stereocenters. The summed E-state index contributed by atoms with van der Waals surface area (Å²) in [5.41, 5.74) is -0.697. The van der Waals surface area contributed by atoms with Gasteiger partial charge in [-0.25, -0.2) is 4.98 Å². The zero-order valence-electron chi connectivity index (χ0n) is 11.6. The third kappa shape index (κ3) is 3.87. The second-order valence-corrected chi connectivity index (χ2v) is 5.54. The Bertz CT molecular complexity index is 611. The lowest BCUT2D eigenvalue weighted by atomic mass is 10.1. The number of nitrogens with one attached hydrogen (secondary N) is 1. The van der Waals surface area contributed by atoms with Crippen LogP contribution in [0.15, 0.2) is 24.4 Å². The number of hydrogen-bond donors (Lipinski definition) is 1. The molecular formula is C14H15F3N2OS. The molecule has 1 heterocycles. The molecule has 1 aromatic heterocycles. The number of nitrogens with zero attached hydrogens (tertiary/aromatic N) is 1. The molecule has 0 fully saturated rings. The molecule has 1 N–H and O–H groups in total. The van der Waals surface area contributed by atoms with E-state index in [0.717, 1.165) is 22.4 Å². The zero-order chi connectivity index (χ0) is 15.5. The minimum absolute atomic E-state index is 0.0368. The highest BCUT2D eigenvalue weighted by molar-refractivity contribution is 7.11. The number of ether oxygens (including phenoxy) is 1. The van der Waals surface area contributed by atoms with E-state index >= 15 is 0 Å². The number of aromatic nitrogens is 1. The molecule has 3 nitrogen and oxygen atoms in total. The van der Waals surface area contributed by atoms with E-state index in [4.69, 9.17) is 4.74 Å². The molecule has 0 bridgehead atoms. The lowest BCUT2D eigenvalue weighted by Crippen LogP contribution is -2.10. The van der Waals surface area contributed by atoms with Crippen molar-refractivity contribution in [2.75, 3.05) is 12.4 Å². The van der Waals surface area contributed by atoms with E-state index in [-0.39, 0.29) is 11.4 Å². The van der Waals surface area contributed by atoms with Gasteiger partial charge in [0.2, 0.25) is 0 Å². The normalized spacial score (nSPS) is 11.5. The first kappa shape index (κ1) is 15.6. The van der Waals surface area contributed by atoms with Crippen LogP contribution in [0.4, 0.5) is 18.9 Å². The minimum atomic E-state index is -4.43. The Morgan fingerprint density at radius 2 is 2.10 bits per heavy atom. The molecule has 0 unspecified atom stereocenters. The number of alkyl halides is 3. The molecule has 2 rings (SSSR count). The largest absolute Gasteiger partial charge is 0.497 e. The zero-order valence-corrected chi connectivity index (χ0v) is 12.4. The van der Waals surface area contributed by atoms with Gasteiger partial charge in [-0.1, -0.05) is 6.92 Å². The Hall–Kier alpha value is -1.76. The fourth-order valence-electron chi connectivity index (χ4n) is 1.81. The summed E-state index contributed by atoms with van der Waals surface area (Å²) < 4.78 is 44.0. The van der Waals surface area contributed by atoms with Crippen LogP contribution >= 0.6 is 11.3 Å². The summed E-state index contributed by atoms with van der Waals surface area (Å²) >= 11 is 1.49. The number of anilines is 1. The lowest BCUT2D eigenvalue weighted by Gasteiger charge is -2.15. The van der Waals surface area contributed by atoms with E-state index in [0.29, 0.717) is 6.54 Å². The molecule has 0 aliphatic rings. The van der Waals surface area contributed by atoms with Crippen LogP contribution in [0.5, 0.6) is 5.75 Å².